The first kappa shape index (κ1) is 17.1. The summed E-state index contributed by atoms with van der Waals surface area (Å²) in [7, 11) is 0. The van der Waals surface area contributed by atoms with Gasteiger partial charge in [0.25, 0.3) is 0 Å². The van der Waals surface area contributed by atoms with Crippen LogP contribution in [0.4, 0.5) is 0 Å². The van der Waals surface area contributed by atoms with E-state index < -0.39 is 0 Å². The van der Waals surface area contributed by atoms with Crippen LogP contribution in [0.15, 0.2) is 91.5 Å². The predicted molar refractivity (Wildman–Crippen MR) is 131 cm³/mol. The standard InChI is InChI=1S/C30H23N/c1-18(2)19-11-14-21(15-12-19)31-27-10-6-5-9-24(27)29-26-17-25(26)23-16-13-20-7-3-4-8-22(20)28(23)30(29)31/h3-16,25-26H,1,17H2,2H3. The van der Waals surface area contributed by atoms with E-state index in [1.165, 1.54) is 56.2 Å². The van der Waals surface area contributed by atoms with Crippen molar-refractivity contribution in [3.63, 3.8) is 0 Å². The average Bonchev–Trinajstić information content (AvgIpc) is 3.53. The van der Waals surface area contributed by atoms with Crippen molar-refractivity contribution < 1.29 is 0 Å². The topological polar surface area (TPSA) is 4.93 Å². The number of fused-ring (bicyclic) bond motifs is 10. The molecule has 5 aromatic rings. The van der Waals surface area contributed by atoms with Crippen molar-refractivity contribution in [2.45, 2.75) is 25.2 Å². The number of rotatable bonds is 2. The molecule has 7 rings (SSSR count). The van der Waals surface area contributed by atoms with E-state index in [1.807, 2.05) is 0 Å². The Morgan fingerprint density at radius 3 is 2.35 bits per heavy atom. The molecule has 0 N–H and O–H groups in total. The van der Waals surface area contributed by atoms with Crippen molar-refractivity contribution in [3.8, 4) is 16.9 Å². The second-order valence-corrected chi connectivity index (χ2v) is 9.14. The van der Waals surface area contributed by atoms with Gasteiger partial charge in [-0.05, 0) is 70.8 Å². The fraction of sp³-hybridized carbons (Fsp3) is 0.133. The monoisotopic (exact) mass is 397 g/mol. The molecule has 31 heavy (non-hydrogen) atoms. The number of para-hydroxylation sites is 1. The Kier molecular flexibility index (Phi) is 3.31. The molecule has 1 heteroatoms. The highest BCUT2D eigenvalue weighted by Gasteiger charge is 2.48. The Morgan fingerprint density at radius 2 is 1.55 bits per heavy atom. The molecule has 1 nitrogen and oxygen atoms in total. The number of aromatic nitrogens is 1. The lowest BCUT2D eigenvalue weighted by molar-refractivity contribution is 0.992. The highest BCUT2D eigenvalue weighted by molar-refractivity contribution is 6.05. The minimum absolute atomic E-state index is 0.643. The van der Waals surface area contributed by atoms with E-state index in [0.717, 1.165) is 5.57 Å². The van der Waals surface area contributed by atoms with Gasteiger partial charge in [-0.25, -0.2) is 0 Å². The third kappa shape index (κ3) is 2.26. The zero-order valence-corrected chi connectivity index (χ0v) is 17.6. The van der Waals surface area contributed by atoms with Crippen molar-refractivity contribution in [3.05, 3.63) is 108 Å². The number of allylic oxidation sites excluding steroid dienone is 1. The maximum atomic E-state index is 4.11. The fourth-order valence-corrected chi connectivity index (χ4v) is 5.77. The first-order valence-corrected chi connectivity index (χ1v) is 11.1. The fourth-order valence-electron chi connectivity index (χ4n) is 5.77. The van der Waals surface area contributed by atoms with Crippen molar-refractivity contribution in [1.82, 2.24) is 4.57 Å². The normalized spacial score (nSPS) is 18.5. The lowest BCUT2D eigenvalue weighted by Crippen LogP contribution is -2.04. The van der Waals surface area contributed by atoms with E-state index in [0.29, 0.717) is 11.8 Å². The summed E-state index contributed by atoms with van der Waals surface area (Å²) in [6.07, 6.45) is 1.26. The van der Waals surface area contributed by atoms with Crippen LogP contribution in [0.3, 0.4) is 0 Å². The third-order valence-electron chi connectivity index (χ3n) is 7.29. The van der Waals surface area contributed by atoms with E-state index >= 15 is 0 Å². The second kappa shape index (κ2) is 5.98. The van der Waals surface area contributed by atoms with Crippen molar-refractivity contribution in [2.75, 3.05) is 0 Å². The molecule has 4 aromatic carbocycles. The second-order valence-electron chi connectivity index (χ2n) is 9.14. The first-order valence-electron chi connectivity index (χ1n) is 11.1. The molecule has 0 aliphatic heterocycles. The Bertz CT molecular complexity index is 1530. The van der Waals surface area contributed by atoms with Gasteiger partial charge in [0, 0.05) is 16.6 Å². The zero-order valence-electron chi connectivity index (χ0n) is 17.6. The molecule has 2 unspecified atom stereocenters. The Labute approximate surface area is 182 Å². The van der Waals surface area contributed by atoms with E-state index in [-0.39, 0.29) is 0 Å². The van der Waals surface area contributed by atoms with Gasteiger partial charge >= 0.3 is 0 Å². The lowest BCUT2D eigenvalue weighted by atomic mass is 9.85. The number of hydrogen-bond acceptors (Lipinski definition) is 0. The first-order chi connectivity index (χ1) is 15.2. The summed E-state index contributed by atoms with van der Waals surface area (Å²) >= 11 is 0. The molecular formula is C30H23N. The van der Waals surface area contributed by atoms with E-state index in [1.54, 1.807) is 5.56 Å². The van der Waals surface area contributed by atoms with Gasteiger partial charge in [-0.3, -0.25) is 0 Å². The Morgan fingerprint density at radius 1 is 0.806 bits per heavy atom. The average molecular weight is 398 g/mol. The van der Waals surface area contributed by atoms with Gasteiger partial charge in [0.05, 0.1) is 11.2 Å². The van der Waals surface area contributed by atoms with Gasteiger partial charge in [-0.15, -0.1) is 0 Å². The minimum Gasteiger partial charge on any atom is -0.309 e. The summed E-state index contributed by atoms with van der Waals surface area (Å²) in [5, 5.41) is 4.10. The summed E-state index contributed by atoms with van der Waals surface area (Å²) in [6.45, 7) is 6.18. The Hall–Kier alpha value is -3.58. The van der Waals surface area contributed by atoms with Crippen LogP contribution in [0.1, 0.15) is 41.9 Å². The molecule has 1 heterocycles. The van der Waals surface area contributed by atoms with Crippen molar-refractivity contribution in [1.29, 1.82) is 0 Å². The summed E-state index contributed by atoms with van der Waals surface area (Å²) in [5.74, 6) is 1.31. The van der Waals surface area contributed by atoms with Crippen LogP contribution in [0.25, 0.3) is 44.2 Å². The summed E-state index contributed by atoms with van der Waals surface area (Å²) in [5.41, 5.74) is 10.7. The molecule has 0 spiro atoms. The number of hydrogen-bond donors (Lipinski definition) is 0. The SMILES string of the molecule is C=C(C)c1ccc(-n2c3c(c4ccccc42)C2CC2c2ccc4ccccc4c2-3)cc1. The number of benzene rings is 4. The molecule has 2 aliphatic carbocycles. The largest absolute Gasteiger partial charge is 0.309 e. The molecule has 0 bridgehead atoms. The summed E-state index contributed by atoms with van der Waals surface area (Å²) < 4.78 is 2.51. The molecule has 1 aromatic heterocycles. The molecule has 0 saturated heterocycles. The molecular weight excluding hydrogens is 374 g/mol. The summed E-state index contributed by atoms with van der Waals surface area (Å²) in [4.78, 5) is 0. The molecule has 0 amide bonds. The number of nitrogens with zero attached hydrogens (tertiary/aromatic N) is 1. The molecule has 1 saturated carbocycles. The van der Waals surface area contributed by atoms with Crippen LogP contribution in [-0.2, 0) is 0 Å². The van der Waals surface area contributed by atoms with Gasteiger partial charge in [0.15, 0.2) is 0 Å². The van der Waals surface area contributed by atoms with Gasteiger partial charge in [-0.2, -0.15) is 0 Å². The molecule has 1 fully saturated rings. The van der Waals surface area contributed by atoms with Gasteiger partial charge in [-0.1, -0.05) is 78.9 Å². The maximum absolute atomic E-state index is 4.11. The van der Waals surface area contributed by atoms with E-state index in [4.69, 9.17) is 0 Å². The predicted octanol–water partition coefficient (Wildman–Crippen LogP) is 8.07. The van der Waals surface area contributed by atoms with Crippen LogP contribution < -0.4 is 0 Å². The van der Waals surface area contributed by atoms with E-state index in [9.17, 15) is 0 Å². The smallest absolute Gasteiger partial charge is 0.0585 e. The highest BCUT2D eigenvalue weighted by atomic mass is 15.0. The highest BCUT2D eigenvalue weighted by Crippen LogP contribution is 2.65. The van der Waals surface area contributed by atoms with Gasteiger partial charge in [0.1, 0.15) is 0 Å². The third-order valence-corrected chi connectivity index (χ3v) is 7.29. The molecule has 2 atom stereocenters. The van der Waals surface area contributed by atoms with Crippen LogP contribution in [0, 0.1) is 0 Å². The lowest BCUT2D eigenvalue weighted by Gasteiger charge is -2.22. The Balaban J connectivity index is 1.63. The zero-order chi connectivity index (χ0) is 20.7. The van der Waals surface area contributed by atoms with Crippen molar-refractivity contribution >= 4 is 27.2 Å². The van der Waals surface area contributed by atoms with Crippen LogP contribution in [-0.4, -0.2) is 4.57 Å². The molecule has 2 aliphatic rings. The minimum atomic E-state index is 0.643. The van der Waals surface area contributed by atoms with E-state index in [2.05, 4.69) is 103 Å². The van der Waals surface area contributed by atoms with Gasteiger partial charge < -0.3 is 4.57 Å². The maximum Gasteiger partial charge on any atom is 0.0585 e. The van der Waals surface area contributed by atoms with Crippen LogP contribution in [0.5, 0.6) is 0 Å². The van der Waals surface area contributed by atoms with Crippen molar-refractivity contribution in [2.24, 2.45) is 0 Å². The van der Waals surface area contributed by atoms with Gasteiger partial charge in [0.2, 0.25) is 0 Å². The van der Waals surface area contributed by atoms with Crippen LogP contribution in [0.2, 0.25) is 0 Å². The molecule has 0 radical (unpaired) electrons. The van der Waals surface area contributed by atoms with Crippen LogP contribution >= 0.6 is 0 Å². The summed E-state index contributed by atoms with van der Waals surface area (Å²) in [6, 6.07) is 31.4. The quantitative estimate of drug-likeness (QED) is 0.284. The molecule has 148 valence electrons.